The molecule has 0 amide bonds. The van der Waals surface area contributed by atoms with E-state index in [2.05, 4.69) is 9.88 Å². The molecule has 1 heterocycles. The minimum Gasteiger partial charge on any atom is -0.486 e. The number of hydrogen-bond donors (Lipinski definition) is 1. The number of likely N-dealkylation sites (N-methyl/N-ethyl adjacent to an activating group) is 1. The fraction of sp³-hybridized carbons (Fsp3) is 0.400. The maximum atomic E-state index is 8.87. The average molecular weight is 275 g/mol. The van der Waals surface area contributed by atoms with Gasteiger partial charge in [-0.3, -0.25) is 4.90 Å². The van der Waals surface area contributed by atoms with Gasteiger partial charge in [0.05, 0.1) is 6.61 Å². The molecule has 0 fully saturated rings. The van der Waals surface area contributed by atoms with Crippen molar-refractivity contribution in [2.24, 2.45) is 7.05 Å². The largest absolute Gasteiger partial charge is 0.486 e. The Labute approximate surface area is 119 Å². The first-order valence-corrected chi connectivity index (χ1v) is 6.66. The van der Waals surface area contributed by atoms with Crippen LogP contribution >= 0.6 is 0 Å². The lowest BCUT2D eigenvalue weighted by Gasteiger charge is -2.15. The van der Waals surface area contributed by atoms with Gasteiger partial charge in [-0.25, -0.2) is 4.98 Å². The number of aryl methyl sites for hydroxylation is 1. The molecule has 0 atom stereocenters. The molecule has 0 bridgehead atoms. The van der Waals surface area contributed by atoms with Crippen LogP contribution in [0.4, 0.5) is 0 Å². The van der Waals surface area contributed by atoms with E-state index in [0.717, 1.165) is 18.1 Å². The number of nitrogens with zero attached hydrogens (tertiary/aromatic N) is 3. The summed E-state index contributed by atoms with van der Waals surface area (Å²) in [6, 6.07) is 8.01. The van der Waals surface area contributed by atoms with Crippen LogP contribution in [0.5, 0.6) is 5.75 Å². The van der Waals surface area contributed by atoms with Crippen LogP contribution in [-0.2, 0) is 20.2 Å². The fourth-order valence-corrected chi connectivity index (χ4v) is 1.94. The second-order valence-electron chi connectivity index (χ2n) is 4.85. The molecular formula is C15H21N3O2. The second-order valence-corrected chi connectivity index (χ2v) is 4.85. The molecule has 0 saturated heterocycles. The van der Waals surface area contributed by atoms with Gasteiger partial charge < -0.3 is 14.4 Å². The Balaban J connectivity index is 1.87. The molecule has 108 valence electrons. The summed E-state index contributed by atoms with van der Waals surface area (Å²) in [5.41, 5.74) is 1.20. The second kappa shape index (κ2) is 7.07. The van der Waals surface area contributed by atoms with Crippen molar-refractivity contribution >= 4 is 0 Å². The van der Waals surface area contributed by atoms with Crippen LogP contribution in [0, 0.1) is 0 Å². The van der Waals surface area contributed by atoms with Gasteiger partial charge in [0, 0.05) is 32.5 Å². The summed E-state index contributed by atoms with van der Waals surface area (Å²) >= 11 is 0. The molecule has 0 aliphatic heterocycles. The monoisotopic (exact) mass is 275 g/mol. The molecule has 0 spiro atoms. The molecule has 0 saturated carbocycles. The van der Waals surface area contributed by atoms with Crippen molar-refractivity contribution < 1.29 is 9.84 Å². The summed E-state index contributed by atoms with van der Waals surface area (Å²) in [6.45, 7) is 2.15. The van der Waals surface area contributed by atoms with E-state index in [4.69, 9.17) is 9.84 Å². The third-order valence-corrected chi connectivity index (χ3v) is 3.15. The van der Waals surface area contributed by atoms with E-state index in [1.165, 1.54) is 5.56 Å². The van der Waals surface area contributed by atoms with Crippen molar-refractivity contribution in [3.05, 3.63) is 48.0 Å². The first-order chi connectivity index (χ1) is 9.69. The van der Waals surface area contributed by atoms with Crippen LogP contribution < -0.4 is 4.74 Å². The zero-order chi connectivity index (χ0) is 14.4. The van der Waals surface area contributed by atoms with Crippen molar-refractivity contribution in [1.82, 2.24) is 14.5 Å². The fourth-order valence-electron chi connectivity index (χ4n) is 1.94. The summed E-state index contributed by atoms with van der Waals surface area (Å²) in [5, 5.41) is 8.87. The van der Waals surface area contributed by atoms with E-state index in [1.807, 2.05) is 49.1 Å². The van der Waals surface area contributed by atoms with Crippen LogP contribution in [0.3, 0.4) is 0 Å². The average Bonchev–Trinajstić information content (AvgIpc) is 2.84. The SMILES string of the molecule is CN(CCO)Cc1ccc(OCc2nccn2C)cc1. The molecule has 0 aliphatic rings. The van der Waals surface area contributed by atoms with E-state index in [-0.39, 0.29) is 6.61 Å². The Kier molecular flexibility index (Phi) is 5.15. The number of ether oxygens (including phenoxy) is 1. The van der Waals surface area contributed by atoms with E-state index >= 15 is 0 Å². The highest BCUT2D eigenvalue weighted by molar-refractivity contribution is 5.27. The molecule has 0 aliphatic carbocycles. The van der Waals surface area contributed by atoms with Crippen LogP contribution in [0.1, 0.15) is 11.4 Å². The maximum Gasteiger partial charge on any atom is 0.146 e. The Morgan fingerprint density at radius 3 is 2.65 bits per heavy atom. The van der Waals surface area contributed by atoms with E-state index in [9.17, 15) is 0 Å². The number of imidazole rings is 1. The molecule has 1 aromatic carbocycles. The number of aromatic nitrogens is 2. The van der Waals surface area contributed by atoms with Crippen LogP contribution in [0.25, 0.3) is 0 Å². The van der Waals surface area contributed by atoms with Gasteiger partial charge in [-0.15, -0.1) is 0 Å². The maximum absolute atomic E-state index is 8.87. The molecule has 2 aromatic rings. The molecule has 5 nitrogen and oxygen atoms in total. The minimum atomic E-state index is 0.182. The molecule has 0 unspecified atom stereocenters. The molecule has 0 radical (unpaired) electrons. The van der Waals surface area contributed by atoms with Crippen LogP contribution in [-0.4, -0.2) is 39.8 Å². The lowest BCUT2D eigenvalue weighted by molar-refractivity contribution is 0.217. The van der Waals surface area contributed by atoms with Gasteiger partial charge in [-0.1, -0.05) is 12.1 Å². The zero-order valence-corrected chi connectivity index (χ0v) is 12.0. The summed E-state index contributed by atoms with van der Waals surface area (Å²) in [7, 11) is 3.94. The summed E-state index contributed by atoms with van der Waals surface area (Å²) in [5.74, 6) is 1.73. The van der Waals surface area contributed by atoms with Gasteiger partial charge in [0.25, 0.3) is 0 Å². The van der Waals surface area contributed by atoms with Crippen molar-refractivity contribution in [3.63, 3.8) is 0 Å². The molecule has 1 aromatic heterocycles. The molecule has 2 rings (SSSR count). The summed E-state index contributed by atoms with van der Waals surface area (Å²) < 4.78 is 7.64. The lowest BCUT2D eigenvalue weighted by atomic mass is 10.2. The number of benzene rings is 1. The highest BCUT2D eigenvalue weighted by Crippen LogP contribution is 2.14. The smallest absolute Gasteiger partial charge is 0.146 e. The number of hydrogen-bond acceptors (Lipinski definition) is 4. The van der Waals surface area contributed by atoms with Gasteiger partial charge in [0.15, 0.2) is 0 Å². The topological polar surface area (TPSA) is 50.5 Å². The molecule has 20 heavy (non-hydrogen) atoms. The Hall–Kier alpha value is -1.85. The lowest BCUT2D eigenvalue weighted by Crippen LogP contribution is -2.21. The first-order valence-electron chi connectivity index (χ1n) is 6.66. The highest BCUT2D eigenvalue weighted by Gasteiger charge is 2.02. The quantitative estimate of drug-likeness (QED) is 0.830. The van der Waals surface area contributed by atoms with Crippen molar-refractivity contribution in [3.8, 4) is 5.75 Å². The third kappa shape index (κ3) is 4.08. The third-order valence-electron chi connectivity index (χ3n) is 3.15. The van der Waals surface area contributed by atoms with Crippen molar-refractivity contribution in [2.45, 2.75) is 13.2 Å². The number of aliphatic hydroxyl groups excluding tert-OH is 1. The van der Waals surface area contributed by atoms with Gasteiger partial charge >= 0.3 is 0 Å². The van der Waals surface area contributed by atoms with E-state index < -0.39 is 0 Å². The molecule has 1 N–H and O–H groups in total. The van der Waals surface area contributed by atoms with E-state index in [1.54, 1.807) is 6.20 Å². The van der Waals surface area contributed by atoms with Crippen LogP contribution in [0.15, 0.2) is 36.7 Å². The van der Waals surface area contributed by atoms with Crippen molar-refractivity contribution in [2.75, 3.05) is 20.2 Å². The minimum absolute atomic E-state index is 0.182. The Bertz CT molecular complexity index is 522. The van der Waals surface area contributed by atoms with Gasteiger partial charge in [0.2, 0.25) is 0 Å². The predicted octanol–water partition coefficient (Wildman–Crippen LogP) is 1.42. The van der Waals surface area contributed by atoms with Gasteiger partial charge in [-0.05, 0) is 24.7 Å². The molecular weight excluding hydrogens is 254 g/mol. The first kappa shape index (κ1) is 14.6. The van der Waals surface area contributed by atoms with Crippen molar-refractivity contribution in [1.29, 1.82) is 0 Å². The summed E-state index contributed by atoms with van der Waals surface area (Å²) in [6.07, 6.45) is 3.66. The highest BCUT2D eigenvalue weighted by atomic mass is 16.5. The zero-order valence-electron chi connectivity index (χ0n) is 12.0. The number of aliphatic hydroxyl groups is 1. The molecule has 5 heteroatoms. The van der Waals surface area contributed by atoms with E-state index in [0.29, 0.717) is 13.2 Å². The number of rotatable bonds is 7. The van der Waals surface area contributed by atoms with Crippen LogP contribution in [0.2, 0.25) is 0 Å². The normalized spacial score (nSPS) is 11.0. The van der Waals surface area contributed by atoms with Gasteiger partial charge in [0.1, 0.15) is 18.2 Å². The Morgan fingerprint density at radius 2 is 2.05 bits per heavy atom. The predicted molar refractivity (Wildman–Crippen MR) is 77.4 cm³/mol. The van der Waals surface area contributed by atoms with Gasteiger partial charge in [-0.2, -0.15) is 0 Å². The summed E-state index contributed by atoms with van der Waals surface area (Å²) in [4.78, 5) is 6.29. The Morgan fingerprint density at radius 1 is 1.30 bits per heavy atom. The standard InChI is InChI=1S/C15H21N3O2/c1-17(9-10-19)11-13-3-5-14(6-4-13)20-12-15-16-7-8-18(15)2/h3-8,19H,9-12H2,1-2H3.